The lowest BCUT2D eigenvalue weighted by molar-refractivity contribution is 0.00801. The van der Waals surface area contributed by atoms with E-state index in [-0.39, 0.29) is 0 Å². The van der Waals surface area contributed by atoms with E-state index in [1.165, 1.54) is 0 Å². The highest BCUT2D eigenvalue weighted by Gasteiger charge is 2.25. The Labute approximate surface area is 102 Å². The van der Waals surface area contributed by atoms with Gasteiger partial charge in [0.2, 0.25) is 0 Å². The van der Waals surface area contributed by atoms with E-state index in [0.29, 0.717) is 18.9 Å². The molecule has 2 rings (SSSR count). The van der Waals surface area contributed by atoms with Crippen LogP contribution in [0.15, 0.2) is 18.3 Å². The van der Waals surface area contributed by atoms with Gasteiger partial charge in [0, 0.05) is 18.8 Å². The number of β-amino-alcohol motifs (C(OH)–C–C–N with tert-alkyl or cyclic N) is 1. The van der Waals surface area contributed by atoms with Gasteiger partial charge in [0.15, 0.2) is 0 Å². The Bertz CT molecular complexity index is 364. The van der Waals surface area contributed by atoms with Gasteiger partial charge in [-0.15, -0.1) is 0 Å². The number of pyridine rings is 1. The molecule has 1 aromatic heterocycles. The molecule has 0 bridgehead atoms. The third-order valence-electron chi connectivity index (χ3n) is 3.27. The fourth-order valence-corrected chi connectivity index (χ4v) is 2.08. The van der Waals surface area contributed by atoms with Crippen LogP contribution in [0.25, 0.3) is 0 Å². The van der Waals surface area contributed by atoms with Gasteiger partial charge in [-0.05, 0) is 24.5 Å². The lowest BCUT2D eigenvalue weighted by Gasteiger charge is -2.34. The van der Waals surface area contributed by atoms with E-state index >= 15 is 0 Å². The summed E-state index contributed by atoms with van der Waals surface area (Å²) in [5, 5.41) is 19.1. The summed E-state index contributed by atoms with van der Waals surface area (Å²) in [6, 6.07) is 4.06. The molecule has 0 saturated carbocycles. The minimum absolute atomic E-state index is 0.429. The van der Waals surface area contributed by atoms with Gasteiger partial charge in [-0.2, -0.15) is 0 Å². The van der Waals surface area contributed by atoms with E-state index in [2.05, 4.69) is 23.7 Å². The highest BCUT2D eigenvalue weighted by molar-refractivity contribution is 5.45. The summed E-state index contributed by atoms with van der Waals surface area (Å²) in [6.07, 6.45) is 1.20. The van der Waals surface area contributed by atoms with Crippen LogP contribution in [-0.2, 0) is 0 Å². The molecule has 0 radical (unpaired) electrons. The lowest BCUT2D eigenvalue weighted by Crippen LogP contribution is -2.46. The van der Waals surface area contributed by atoms with Crippen molar-refractivity contribution in [3.05, 3.63) is 24.0 Å². The summed E-state index contributed by atoms with van der Waals surface area (Å²) < 4.78 is 0. The van der Waals surface area contributed by atoms with Gasteiger partial charge < -0.3 is 15.1 Å². The van der Waals surface area contributed by atoms with E-state index in [0.717, 1.165) is 17.9 Å². The molecular weight excluding hydrogens is 216 g/mol. The number of aliphatic hydroxyl groups excluding tert-OH is 2. The quantitative estimate of drug-likeness (QED) is 0.808. The molecule has 4 nitrogen and oxygen atoms in total. The van der Waals surface area contributed by atoms with Gasteiger partial charge in [-0.1, -0.05) is 13.8 Å². The molecule has 94 valence electrons. The maximum Gasteiger partial charge on any atom is 0.0974 e. The van der Waals surface area contributed by atoms with Crippen molar-refractivity contribution in [2.24, 2.45) is 0 Å². The smallest absolute Gasteiger partial charge is 0.0974 e. The van der Waals surface area contributed by atoms with Crippen LogP contribution in [0.2, 0.25) is 0 Å². The van der Waals surface area contributed by atoms with Crippen molar-refractivity contribution in [3.63, 3.8) is 0 Å². The van der Waals surface area contributed by atoms with Gasteiger partial charge in [0.1, 0.15) is 0 Å². The Balaban J connectivity index is 2.07. The standard InChI is InChI=1S/C13H20N2O2/c1-9(2)11-4-3-10(7-14-11)15-6-5-12(16)13(17)8-15/h3-4,7,9,12-13,16-17H,5-6,8H2,1-2H3/t12-,13-/m0/s1. The van der Waals surface area contributed by atoms with Crippen LogP contribution in [0.3, 0.4) is 0 Å². The first-order chi connectivity index (χ1) is 8.08. The summed E-state index contributed by atoms with van der Waals surface area (Å²) in [4.78, 5) is 6.48. The molecule has 1 fully saturated rings. The molecule has 0 spiro atoms. The monoisotopic (exact) mass is 236 g/mol. The number of rotatable bonds is 2. The van der Waals surface area contributed by atoms with E-state index in [1.807, 2.05) is 18.3 Å². The van der Waals surface area contributed by atoms with Gasteiger partial charge in [-0.25, -0.2) is 0 Å². The third-order valence-corrected chi connectivity index (χ3v) is 3.27. The van der Waals surface area contributed by atoms with Gasteiger partial charge in [-0.3, -0.25) is 4.98 Å². The second-order valence-corrected chi connectivity index (χ2v) is 4.97. The lowest BCUT2D eigenvalue weighted by atomic mass is 10.0. The average molecular weight is 236 g/mol. The van der Waals surface area contributed by atoms with Crippen molar-refractivity contribution >= 4 is 5.69 Å². The number of hydrogen-bond donors (Lipinski definition) is 2. The van der Waals surface area contributed by atoms with Gasteiger partial charge in [0.05, 0.1) is 24.1 Å². The molecule has 0 amide bonds. The summed E-state index contributed by atoms with van der Waals surface area (Å²) in [5.41, 5.74) is 2.09. The van der Waals surface area contributed by atoms with Crippen molar-refractivity contribution < 1.29 is 10.2 Å². The Morgan fingerprint density at radius 3 is 2.59 bits per heavy atom. The summed E-state index contributed by atoms with van der Waals surface area (Å²) in [7, 11) is 0. The van der Waals surface area contributed by atoms with Crippen LogP contribution in [-0.4, -0.2) is 40.5 Å². The molecule has 0 unspecified atom stereocenters. The van der Waals surface area contributed by atoms with Crippen LogP contribution in [0.5, 0.6) is 0 Å². The van der Waals surface area contributed by atoms with E-state index in [4.69, 9.17) is 0 Å². The minimum atomic E-state index is -0.659. The van der Waals surface area contributed by atoms with Crippen LogP contribution in [0, 0.1) is 0 Å². The third kappa shape index (κ3) is 2.76. The van der Waals surface area contributed by atoms with Crippen LogP contribution in [0.1, 0.15) is 31.9 Å². The molecule has 4 heteroatoms. The molecule has 1 aliphatic heterocycles. The molecule has 0 aliphatic carbocycles. The minimum Gasteiger partial charge on any atom is -0.390 e. The highest BCUT2D eigenvalue weighted by Crippen LogP contribution is 2.21. The Hall–Kier alpha value is -1.13. The molecule has 1 aromatic rings. The molecule has 17 heavy (non-hydrogen) atoms. The number of hydrogen-bond acceptors (Lipinski definition) is 4. The normalized spacial score (nSPS) is 25.4. The SMILES string of the molecule is CC(C)c1ccc(N2CC[C@H](O)[C@@H](O)C2)cn1. The first-order valence-corrected chi connectivity index (χ1v) is 6.15. The molecular formula is C13H20N2O2. The largest absolute Gasteiger partial charge is 0.390 e. The summed E-state index contributed by atoms with van der Waals surface area (Å²) >= 11 is 0. The molecule has 0 aromatic carbocycles. The van der Waals surface area contributed by atoms with Crippen LogP contribution < -0.4 is 4.90 Å². The molecule has 2 heterocycles. The van der Waals surface area contributed by atoms with Crippen LogP contribution >= 0.6 is 0 Å². The predicted octanol–water partition coefficient (Wildman–Crippen LogP) is 1.14. The Morgan fingerprint density at radius 2 is 2.06 bits per heavy atom. The van der Waals surface area contributed by atoms with Crippen molar-refractivity contribution in [2.75, 3.05) is 18.0 Å². The van der Waals surface area contributed by atoms with Gasteiger partial charge in [0.25, 0.3) is 0 Å². The van der Waals surface area contributed by atoms with Crippen molar-refractivity contribution in [2.45, 2.75) is 38.4 Å². The van der Waals surface area contributed by atoms with Crippen molar-refractivity contribution in [1.82, 2.24) is 4.98 Å². The highest BCUT2D eigenvalue weighted by atomic mass is 16.3. The zero-order chi connectivity index (χ0) is 12.4. The number of aromatic nitrogens is 1. The fraction of sp³-hybridized carbons (Fsp3) is 0.615. The van der Waals surface area contributed by atoms with E-state index < -0.39 is 12.2 Å². The number of anilines is 1. The summed E-state index contributed by atoms with van der Waals surface area (Å²) in [5.74, 6) is 0.429. The number of piperidine rings is 1. The van der Waals surface area contributed by atoms with E-state index in [9.17, 15) is 10.2 Å². The van der Waals surface area contributed by atoms with E-state index in [1.54, 1.807) is 0 Å². The predicted molar refractivity (Wildman–Crippen MR) is 67.2 cm³/mol. The maximum absolute atomic E-state index is 9.64. The first-order valence-electron chi connectivity index (χ1n) is 6.15. The Morgan fingerprint density at radius 1 is 1.29 bits per heavy atom. The van der Waals surface area contributed by atoms with Crippen molar-refractivity contribution in [1.29, 1.82) is 0 Å². The number of aliphatic hydroxyl groups is 2. The number of nitrogens with zero attached hydrogens (tertiary/aromatic N) is 2. The zero-order valence-corrected chi connectivity index (χ0v) is 10.4. The van der Waals surface area contributed by atoms with Gasteiger partial charge >= 0.3 is 0 Å². The molecule has 2 atom stereocenters. The second kappa shape index (κ2) is 5.02. The molecule has 2 N–H and O–H groups in total. The molecule has 1 aliphatic rings. The van der Waals surface area contributed by atoms with Crippen molar-refractivity contribution in [3.8, 4) is 0 Å². The summed E-state index contributed by atoms with van der Waals surface area (Å²) in [6.45, 7) is 5.47. The average Bonchev–Trinajstić information content (AvgIpc) is 2.33. The Kier molecular flexibility index (Phi) is 3.64. The molecule has 1 saturated heterocycles. The topological polar surface area (TPSA) is 56.6 Å². The zero-order valence-electron chi connectivity index (χ0n) is 10.4. The maximum atomic E-state index is 9.64. The second-order valence-electron chi connectivity index (χ2n) is 4.97. The first kappa shape index (κ1) is 12.3. The van der Waals surface area contributed by atoms with Crippen LogP contribution in [0.4, 0.5) is 5.69 Å². The fourth-order valence-electron chi connectivity index (χ4n) is 2.08.